The minimum absolute atomic E-state index is 0.0428. The molecule has 0 saturated heterocycles. The van der Waals surface area contributed by atoms with Crippen molar-refractivity contribution in [3.05, 3.63) is 70.8 Å². The summed E-state index contributed by atoms with van der Waals surface area (Å²) >= 11 is 6.21. The van der Waals surface area contributed by atoms with E-state index in [1.165, 1.54) is 36.6 Å². The van der Waals surface area contributed by atoms with E-state index in [9.17, 15) is 39.9 Å². The van der Waals surface area contributed by atoms with Gasteiger partial charge in [-0.1, -0.05) is 54.1 Å². The van der Waals surface area contributed by atoms with E-state index in [1.54, 1.807) is 36.4 Å². The summed E-state index contributed by atoms with van der Waals surface area (Å²) < 4.78 is 109. The quantitative estimate of drug-likeness (QED) is 0.445. The lowest BCUT2D eigenvalue weighted by Crippen LogP contribution is -2.62. The molecule has 218 valence electrons. The van der Waals surface area contributed by atoms with Crippen molar-refractivity contribution in [2.24, 2.45) is 5.10 Å². The van der Waals surface area contributed by atoms with Crippen molar-refractivity contribution in [3.8, 4) is 0 Å². The molecule has 2 aromatic carbocycles. The second-order valence-electron chi connectivity index (χ2n) is 9.52. The van der Waals surface area contributed by atoms with E-state index in [2.05, 4.69) is 5.10 Å². The maximum Gasteiger partial charge on any atom is 0.431 e. The molecule has 2 heterocycles. The van der Waals surface area contributed by atoms with E-state index in [0.717, 1.165) is 20.5 Å². The van der Waals surface area contributed by atoms with Crippen LogP contribution in [0.5, 0.6) is 0 Å². The number of nitrogens with zero attached hydrogens (tertiary/aromatic N) is 4. The van der Waals surface area contributed by atoms with Crippen LogP contribution >= 0.6 is 11.6 Å². The van der Waals surface area contributed by atoms with E-state index >= 15 is 0 Å². The van der Waals surface area contributed by atoms with Gasteiger partial charge in [0.25, 0.3) is 15.8 Å². The number of benzene rings is 2. The highest BCUT2D eigenvalue weighted by Gasteiger charge is 2.74. The third kappa shape index (κ3) is 5.34. The first-order chi connectivity index (χ1) is 18.5. The SMILES string of the molecule is CN(C)S(=O)(=O)N1CC=C(c2ccc(C3CC(C(O)(C(F)(F)F)C(F)(F)F)=NN3c3ccccc3Cl)cc2)CC1. The highest BCUT2D eigenvalue weighted by atomic mass is 35.5. The Hall–Kier alpha value is -2.65. The van der Waals surface area contributed by atoms with E-state index in [1.807, 2.05) is 0 Å². The van der Waals surface area contributed by atoms with Gasteiger partial charge in [0.05, 0.1) is 22.5 Å². The lowest BCUT2D eigenvalue weighted by Gasteiger charge is -2.32. The third-order valence-corrected chi connectivity index (χ3v) is 9.10. The first-order valence-corrected chi connectivity index (χ1v) is 13.7. The molecule has 0 bridgehead atoms. The lowest BCUT2D eigenvalue weighted by molar-refractivity contribution is -0.338. The fourth-order valence-corrected chi connectivity index (χ4v) is 5.88. The fraction of sp³-hybridized carbons (Fsp3) is 0.400. The second-order valence-corrected chi connectivity index (χ2v) is 12.1. The van der Waals surface area contributed by atoms with Crippen LogP contribution in [0.2, 0.25) is 5.02 Å². The van der Waals surface area contributed by atoms with E-state index in [-0.39, 0.29) is 23.8 Å². The predicted octanol–water partition coefficient (Wildman–Crippen LogP) is 5.40. The molecule has 0 spiro atoms. The molecule has 1 atom stereocenters. The van der Waals surface area contributed by atoms with Gasteiger partial charge in [-0.25, -0.2) is 0 Å². The molecule has 0 radical (unpaired) electrons. The van der Waals surface area contributed by atoms with Gasteiger partial charge in [-0.2, -0.15) is 48.5 Å². The predicted molar refractivity (Wildman–Crippen MR) is 139 cm³/mol. The van der Waals surface area contributed by atoms with Crippen LogP contribution in [0.25, 0.3) is 5.57 Å². The molecule has 0 amide bonds. The summed E-state index contributed by atoms with van der Waals surface area (Å²) in [5.41, 5.74) is -4.69. The summed E-state index contributed by atoms with van der Waals surface area (Å²) in [6.07, 6.45) is -10.9. The third-order valence-electron chi connectivity index (χ3n) is 6.87. The Balaban J connectivity index is 1.67. The van der Waals surface area contributed by atoms with Gasteiger partial charge in [0.2, 0.25) is 0 Å². The maximum atomic E-state index is 13.6. The number of aliphatic hydroxyl groups is 1. The van der Waals surface area contributed by atoms with Crippen molar-refractivity contribution in [1.29, 1.82) is 0 Å². The van der Waals surface area contributed by atoms with Crippen LogP contribution in [0.4, 0.5) is 32.0 Å². The molecule has 0 aliphatic carbocycles. The van der Waals surface area contributed by atoms with Crippen LogP contribution in [0.1, 0.15) is 30.0 Å². The van der Waals surface area contributed by atoms with Crippen LogP contribution in [-0.2, 0) is 10.2 Å². The van der Waals surface area contributed by atoms with E-state index < -0.39 is 46.3 Å². The van der Waals surface area contributed by atoms with Crippen molar-refractivity contribution in [2.45, 2.75) is 36.8 Å². The zero-order valence-corrected chi connectivity index (χ0v) is 22.8. The fourth-order valence-electron chi connectivity index (χ4n) is 4.61. The van der Waals surface area contributed by atoms with Gasteiger partial charge in [-0.05, 0) is 35.3 Å². The van der Waals surface area contributed by atoms with Crippen molar-refractivity contribution >= 4 is 38.8 Å². The lowest BCUT2D eigenvalue weighted by atomic mass is 9.89. The van der Waals surface area contributed by atoms with E-state index in [0.29, 0.717) is 12.0 Å². The van der Waals surface area contributed by atoms with Crippen molar-refractivity contribution < 1.29 is 39.9 Å². The number of anilines is 1. The maximum absolute atomic E-state index is 13.6. The van der Waals surface area contributed by atoms with E-state index in [4.69, 9.17) is 11.6 Å². The summed E-state index contributed by atoms with van der Waals surface area (Å²) in [6, 6.07) is 11.1. The Morgan fingerprint density at radius 1 is 1.00 bits per heavy atom. The molecule has 0 fully saturated rings. The van der Waals surface area contributed by atoms with Crippen LogP contribution < -0.4 is 5.01 Å². The summed E-state index contributed by atoms with van der Waals surface area (Å²) in [5, 5.41) is 14.6. The Bertz CT molecular complexity index is 1410. The molecular weight excluding hydrogens is 586 g/mol. The van der Waals surface area contributed by atoms with Gasteiger partial charge in [-0.3, -0.25) is 5.01 Å². The minimum atomic E-state index is -6.07. The largest absolute Gasteiger partial charge is 0.431 e. The Morgan fingerprint density at radius 2 is 1.60 bits per heavy atom. The molecule has 1 unspecified atom stereocenters. The highest BCUT2D eigenvalue weighted by Crippen LogP contribution is 2.49. The Kier molecular flexibility index (Phi) is 8.06. The highest BCUT2D eigenvalue weighted by molar-refractivity contribution is 7.86. The monoisotopic (exact) mass is 610 g/mol. The standard InChI is InChI=1S/C25H25ClF6N4O3S/c1-34(2)40(38,39)35-13-11-17(12-14-35)16-7-9-18(10-8-16)21-15-22(23(37,24(27,28)29)25(30,31)32)33-36(21)20-6-4-3-5-19(20)26/h3-11,21,37H,12-15H2,1-2H3. The van der Waals surface area contributed by atoms with Gasteiger partial charge in [-0.15, -0.1) is 0 Å². The molecule has 2 aliphatic heterocycles. The number of halogens is 7. The molecule has 4 rings (SSSR count). The van der Waals surface area contributed by atoms with Gasteiger partial charge >= 0.3 is 12.4 Å². The molecule has 15 heteroatoms. The topological polar surface area (TPSA) is 76.5 Å². The summed E-state index contributed by atoms with van der Waals surface area (Å²) in [6.45, 7) is 0.382. The smallest absolute Gasteiger partial charge is 0.369 e. The van der Waals surface area contributed by atoms with Crippen molar-refractivity contribution in [3.63, 3.8) is 0 Å². The molecule has 2 aromatic rings. The van der Waals surface area contributed by atoms with Gasteiger partial charge < -0.3 is 5.11 Å². The van der Waals surface area contributed by atoms with Gasteiger partial charge in [0, 0.05) is 33.6 Å². The number of rotatable bonds is 6. The summed E-state index contributed by atoms with van der Waals surface area (Å²) in [7, 11) is -0.721. The van der Waals surface area contributed by atoms with Gasteiger partial charge in [0.15, 0.2) is 0 Å². The molecule has 7 nitrogen and oxygen atoms in total. The zero-order valence-electron chi connectivity index (χ0n) is 21.2. The minimum Gasteiger partial charge on any atom is -0.369 e. The summed E-state index contributed by atoms with van der Waals surface area (Å²) in [5.74, 6) is 0. The number of hydrogen-bond donors (Lipinski definition) is 1. The average molecular weight is 611 g/mol. The number of alkyl halides is 6. The second kappa shape index (κ2) is 10.6. The molecule has 0 aromatic heterocycles. The Labute approximate surface area is 232 Å². The van der Waals surface area contributed by atoms with Crippen LogP contribution in [0.3, 0.4) is 0 Å². The summed E-state index contributed by atoms with van der Waals surface area (Å²) in [4.78, 5) is 0. The Morgan fingerprint density at radius 3 is 2.10 bits per heavy atom. The van der Waals surface area contributed by atoms with Gasteiger partial charge in [0.1, 0.15) is 0 Å². The van der Waals surface area contributed by atoms with Crippen LogP contribution in [0.15, 0.2) is 59.7 Å². The first-order valence-electron chi connectivity index (χ1n) is 11.9. The van der Waals surface area contributed by atoms with Crippen LogP contribution in [-0.4, -0.2) is 73.0 Å². The molecule has 40 heavy (non-hydrogen) atoms. The molecular formula is C25H25ClF6N4O3S. The van der Waals surface area contributed by atoms with Crippen LogP contribution in [0, 0.1) is 0 Å². The molecule has 0 saturated carbocycles. The number of hydrazone groups is 1. The molecule has 1 N–H and O–H groups in total. The normalized spacial score (nSPS) is 19.7. The molecule has 2 aliphatic rings. The van der Waals surface area contributed by atoms with Crippen molar-refractivity contribution in [2.75, 3.05) is 32.2 Å². The number of hydrogen-bond acceptors (Lipinski definition) is 5. The zero-order chi connectivity index (χ0) is 29.7. The van der Waals surface area contributed by atoms with Crippen molar-refractivity contribution in [1.82, 2.24) is 8.61 Å². The first kappa shape index (κ1) is 30.3. The number of para-hydroxylation sites is 1. The average Bonchev–Trinajstić information content (AvgIpc) is 3.32.